The fraction of sp³-hybridized carbons (Fsp3) is 0.286. The molecule has 23 heavy (non-hydrogen) atoms. The Morgan fingerprint density at radius 3 is 2.57 bits per heavy atom. The zero-order valence-electron chi connectivity index (χ0n) is 12.1. The number of hydrogen-bond acceptors (Lipinski definition) is 4. The number of likely N-dealkylation sites (N-methyl/N-ethyl adjacent to an activating group) is 1. The van der Waals surface area contributed by atoms with Crippen LogP contribution in [0.3, 0.4) is 0 Å². The van der Waals surface area contributed by atoms with Crippen molar-refractivity contribution in [1.29, 1.82) is 0 Å². The van der Waals surface area contributed by atoms with Gasteiger partial charge in [0.1, 0.15) is 18.6 Å². The van der Waals surface area contributed by atoms with Crippen molar-refractivity contribution in [2.45, 2.75) is 6.18 Å². The molecular weight excluding hydrogens is 315 g/mol. The zero-order valence-corrected chi connectivity index (χ0v) is 12.1. The molecule has 0 aliphatic carbocycles. The Balaban J connectivity index is 1.77. The van der Waals surface area contributed by atoms with E-state index in [1.807, 2.05) is 0 Å². The number of nitrogens with one attached hydrogen (secondary N) is 1. The van der Waals surface area contributed by atoms with E-state index >= 15 is 0 Å². The van der Waals surface area contributed by atoms with E-state index in [-0.39, 0.29) is 19.0 Å². The zero-order chi connectivity index (χ0) is 16.9. The molecule has 1 N–H and O–H groups in total. The molecule has 0 aliphatic heterocycles. The predicted octanol–water partition coefficient (Wildman–Crippen LogP) is 3.24. The lowest BCUT2D eigenvalue weighted by Gasteiger charge is -2.17. The van der Waals surface area contributed by atoms with Crippen LogP contribution in [-0.4, -0.2) is 36.3 Å². The number of anilines is 1. The molecule has 2 rings (SSSR count). The standard InChI is InChI=1S/C14H14F3N3O3/c1-20(13(21)18-12-6-8-23-19-12)7-9-22-11-4-2-10(3-5-11)14(15,16)17/h2-6,8H,7,9H2,1H3,(H,18,19,21). The Morgan fingerprint density at radius 1 is 1.30 bits per heavy atom. The monoisotopic (exact) mass is 329 g/mol. The van der Waals surface area contributed by atoms with E-state index in [1.165, 1.54) is 29.4 Å². The van der Waals surface area contributed by atoms with Crippen LogP contribution in [-0.2, 0) is 6.18 Å². The lowest BCUT2D eigenvalue weighted by atomic mass is 10.2. The number of benzene rings is 1. The summed E-state index contributed by atoms with van der Waals surface area (Å²) in [6.45, 7) is 0.374. The van der Waals surface area contributed by atoms with E-state index in [0.29, 0.717) is 5.75 Å². The molecule has 0 radical (unpaired) electrons. The minimum absolute atomic E-state index is 0.133. The second-order valence-corrected chi connectivity index (χ2v) is 4.61. The summed E-state index contributed by atoms with van der Waals surface area (Å²) in [5.74, 6) is 0.578. The molecule has 124 valence electrons. The maximum Gasteiger partial charge on any atom is 0.416 e. The Kier molecular flexibility index (Phi) is 5.09. The minimum Gasteiger partial charge on any atom is -0.492 e. The second-order valence-electron chi connectivity index (χ2n) is 4.61. The molecule has 0 saturated carbocycles. The molecule has 6 nitrogen and oxygen atoms in total. The molecule has 0 bridgehead atoms. The third-order valence-electron chi connectivity index (χ3n) is 2.90. The molecule has 0 saturated heterocycles. The molecule has 2 aromatic rings. The Morgan fingerprint density at radius 2 is 2.00 bits per heavy atom. The highest BCUT2D eigenvalue weighted by Crippen LogP contribution is 2.30. The van der Waals surface area contributed by atoms with Gasteiger partial charge in [-0.25, -0.2) is 4.79 Å². The van der Waals surface area contributed by atoms with E-state index in [9.17, 15) is 18.0 Å². The first-order valence-corrected chi connectivity index (χ1v) is 6.59. The lowest BCUT2D eigenvalue weighted by Crippen LogP contribution is -2.34. The number of aromatic nitrogens is 1. The van der Waals surface area contributed by atoms with Crippen LogP contribution in [0.4, 0.5) is 23.8 Å². The first-order valence-electron chi connectivity index (χ1n) is 6.59. The van der Waals surface area contributed by atoms with Crippen molar-refractivity contribution in [3.05, 3.63) is 42.2 Å². The van der Waals surface area contributed by atoms with Gasteiger partial charge < -0.3 is 14.2 Å². The van der Waals surface area contributed by atoms with E-state index in [4.69, 9.17) is 4.74 Å². The highest BCUT2D eigenvalue weighted by Gasteiger charge is 2.30. The average molecular weight is 329 g/mol. The molecule has 1 aromatic carbocycles. The number of alkyl halides is 3. The summed E-state index contributed by atoms with van der Waals surface area (Å²) in [5.41, 5.74) is -0.742. The van der Waals surface area contributed by atoms with Gasteiger partial charge in [0.15, 0.2) is 5.82 Å². The second kappa shape index (κ2) is 7.03. The smallest absolute Gasteiger partial charge is 0.416 e. The topological polar surface area (TPSA) is 67.6 Å². The number of halogens is 3. The number of ether oxygens (including phenoxy) is 1. The highest BCUT2D eigenvalue weighted by atomic mass is 19.4. The fourth-order valence-corrected chi connectivity index (χ4v) is 1.62. The normalized spacial score (nSPS) is 11.1. The Labute approximate surface area is 129 Å². The number of urea groups is 1. The first kappa shape index (κ1) is 16.7. The Bertz CT molecular complexity index is 627. The van der Waals surface area contributed by atoms with E-state index < -0.39 is 17.8 Å². The quantitative estimate of drug-likeness (QED) is 0.914. The summed E-state index contributed by atoms with van der Waals surface area (Å²) in [6.07, 6.45) is -3.05. The molecule has 1 heterocycles. The van der Waals surface area contributed by atoms with Crippen LogP contribution in [0.1, 0.15) is 5.56 Å². The fourth-order valence-electron chi connectivity index (χ4n) is 1.62. The number of hydrogen-bond donors (Lipinski definition) is 1. The molecule has 0 spiro atoms. The van der Waals surface area contributed by atoms with Gasteiger partial charge in [-0.3, -0.25) is 5.32 Å². The minimum atomic E-state index is -4.38. The van der Waals surface area contributed by atoms with Gasteiger partial charge in [0.2, 0.25) is 0 Å². The van der Waals surface area contributed by atoms with Gasteiger partial charge in [-0.1, -0.05) is 5.16 Å². The number of rotatable bonds is 5. The average Bonchev–Trinajstić information content (AvgIpc) is 2.99. The SMILES string of the molecule is CN(CCOc1ccc(C(F)(F)F)cc1)C(=O)Nc1ccon1. The Hall–Kier alpha value is -2.71. The van der Waals surface area contributed by atoms with E-state index in [1.54, 1.807) is 7.05 Å². The molecule has 0 unspecified atom stereocenters. The van der Waals surface area contributed by atoms with Gasteiger partial charge in [-0.15, -0.1) is 0 Å². The van der Waals surface area contributed by atoms with Gasteiger partial charge >= 0.3 is 12.2 Å². The van der Waals surface area contributed by atoms with Crippen LogP contribution in [0.5, 0.6) is 5.75 Å². The summed E-state index contributed by atoms with van der Waals surface area (Å²) in [5, 5.41) is 6.03. The molecule has 9 heteroatoms. The van der Waals surface area contributed by atoms with Crippen molar-refractivity contribution in [2.24, 2.45) is 0 Å². The largest absolute Gasteiger partial charge is 0.492 e. The van der Waals surface area contributed by atoms with Crippen molar-refractivity contribution < 1.29 is 27.2 Å². The van der Waals surface area contributed by atoms with Crippen molar-refractivity contribution in [3.63, 3.8) is 0 Å². The maximum atomic E-state index is 12.4. The summed E-state index contributed by atoms with van der Waals surface area (Å²) < 4.78 is 47.1. The van der Waals surface area contributed by atoms with Crippen molar-refractivity contribution in [3.8, 4) is 5.75 Å². The van der Waals surface area contributed by atoms with E-state index in [0.717, 1.165) is 12.1 Å². The van der Waals surface area contributed by atoms with Crippen molar-refractivity contribution in [2.75, 3.05) is 25.5 Å². The van der Waals surface area contributed by atoms with Crippen LogP contribution in [0, 0.1) is 0 Å². The summed E-state index contributed by atoms with van der Waals surface area (Å²) >= 11 is 0. The molecule has 0 fully saturated rings. The first-order chi connectivity index (χ1) is 10.9. The highest BCUT2D eigenvalue weighted by molar-refractivity contribution is 5.87. The van der Waals surface area contributed by atoms with Gasteiger partial charge in [0.25, 0.3) is 0 Å². The van der Waals surface area contributed by atoms with Gasteiger partial charge in [0, 0.05) is 13.1 Å². The van der Waals surface area contributed by atoms with Crippen LogP contribution in [0.2, 0.25) is 0 Å². The van der Waals surface area contributed by atoms with Crippen LogP contribution < -0.4 is 10.1 Å². The van der Waals surface area contributed by atoms with Crippen molar-refractivity contribution >= 4 is 11.8 Å². The predicted molar refractivity (Wildman–Crippen MR) is 75.1 cm³/mol. The van der Waals surface area contributed by atoms with Crippen LogP contribution >= 0.6 is 0 Å². The third kappa shape index (κ3) is 4.90. The van der Waals surface area contributed by atoms with E-state index in [2.05, 4.69) is 15.0 Å². The molecule has 0 aliphatic rings. The van der Waals surface area contributed by atoms with Gasteiger partial charge in [0.05, 0.1) is 12.1 Å². The number of nitrogens with zero attached hydrogens (tertiary/aromatic N) is 2. The third-order valence-corrected chi connectivity index (χ3v) is 2.90. The van der Waals surface area contributed by atoms with Gasteiger partial charge in [-0.2, -0.15) is 13.2 Å². The summed E-state index contributed by atoms with van der Waals surface area (Å²) in [4.78, 5) is 13.1. The number of carbonyl (C=O) groups is 1. The summed E-state index contributed by atoms with van der Waals surface area (Å²) in [7, 11) is 1.55. The number of amides is 2. The number of carbonyl (C=O) groups excluding carboxylic acids is 1. The van der Waals surface area contributed by atoms with Crippen molar-refractivity contribution in [1.82, 2.24) is 10.1 Å². The van der Waals surface area contributed by atoms with Crippen LogP contribution in [0.25, 0.3) is 0 Å². The summed E-state index contributed by atoms with van der Waals surface area (Å²) in [6, 6.07) is 5.43. The maximum absolute atomic E-state index is 12.4. The van der Waals surface area contributed by atoms with Crippen LogP contribution in [0.15, 0.2) is 41.1 Å². The molecule has 1 aromatic heterocycles. The lowest BCUT2D eigenvalue weighted by molar-refractivity contribution is -0.137. The molecular formula is C14H14F3N3O3. The van der Waals surface area contributed by atoms with Gasteiger partial charge in [-0.05, 0) is 24.3 Å². The molecule has 0 atom stereocenters. The molecule has 2 amide bonds.